The van der Waals surface area contributed by atoms with Gasteiger partial charge in [-0.25, -0.2) is 4.98 Å². The van der Waals surface area contributed by atoms with Gasteiger partial charge in [-0.1, -0.05) is 11.6 Å². The summed E-state index contributed by atoms with van der Waals surface area (Å²) in [6, 6.07) is 5.01. The fraction of sp³-hybridized carbons (Fsp3) is 0.429. The van der Waals surface area contributed by atoms with Crippen molar-refractivity contribution in [2.45, 2.75) is 37.8 Å². The number of Topliss-reactive ketones (excluding diaryl/α,β-unsaturated/α-hetero) is 1. The molecule has 2 aliphatic rings. The van der Waals surface area contributed by atoms with Crippen LogP contribution >= 0.6 is 11.6 Å². The normalized spacial score (nSPS) is 21.2. The maximum absolute atomic E-state index is 12.7. The number of aromatic nitrogens is 2. The summed E-state index contributed by atoms with van der Waals surface area (Å²) in [6.07, 6.45) is 6.56. The molecule has 1 N–H and O–H groups in total. The molecule has 0 aliphatic carbocycles. The van der Waals surface area contributed by atoms with Crippen molar-refractivity contribution >= 4 is 29.2 Å². The first-order valence-corrected chi connectivity index (χ1v) is 10.3. The van der Waals surface area contributed by atoms with E-state index >= 15 is 0 Å². The van der Waals surface area contributed by atoms with E-state index in [2.05, 4.69) is 10.3 Å². The number of ether oxygens (including phenoxy) is 1. The molecule has 2 aromatic rings. The number of ketones is 1. The van der Waals surface area contributed by atoms with Crippen molar-refractivity contribution in [2.75, 3.05) is 19.6 Å². The number of hydrogen-bond acceptors (Lipinski definition) is 5. The van der Waals surface area contributed by atoms with E-state index in [-0.39, 0.29) is 37.0 Å². The molecule has 2 aliphatic heterocycles. The summed E-state index contributed by atoms with van der Waals surface area (Å²) in [6.45, 7) is 1.43. The van der Waals surface area contributed by atoms with Crippen LogP contribution in [0.1, 0.15) is 36.0 Å². The minimum atomic E-state index is -0.722. The summed E-state index contributed by atoms with van der Waals surface area (Å²) in [5.74, 6) is 0.167. The molecule has 0 unspecified atom stereocenters. The van der Waals surface area contributed by atoms with Crippen LogP contribution in [0.2, 0.25) is 5.02 Å². The summed E-state index contributed by atoms with van der Waals surface area (Å²) in [5.41, 5.74) is -0.238. The first-order chi connectivity index (χ1) is 14.4. The monoisotopic (exact) mass is 430 g/mol. The van der Waals surface area contributed by atoms with Gasteiger partial charge in [-0.05, 0) is 24.6 Å². The van der Waals surface area contributed by atoms with Crippen molar-refractivity contribution in [1.29, 1.82) is 0 Å². The van der Waals surface area contributed by atoms with Crippen molar-refractivity contribution in [3.8, 4) is 5.75 Å². The highest BCUT2D eigenvalue weighted by molar-refractivity contribution is 6.31. The number of rotatable bonds is 5. The van der Waals surface area contributed by atoms with Crippen molar-refractivity contribution in [2.24, 2.45) is 0 Å². The van der Waals surface area contributed by atoms with E-state index in [0.717, 1.165) is 0 Å². The first kappa shape index (κ1) is 20.4. The lowest BCUT2D eigenvalue weighted by molar-refractivity contribution is -0.135. The third-order valence-corrected chi connectivity index (χ3v) is 5.86. The number of hydrogen-bond donors (Lipinski definition) is 1. The Balaban J connectivity index is 1.35. The maximum Gasteiger partial charge on any atom is 0.239 e. The molecule has 3 heterocycles. The predicted molar refractivity (Wildman–Crippen MR) is 109 cm³/mol. The molecule has 0 saturated carbocycles. The highest BCUT2D eigenvalue weighted by atomic mass is 35.5. The lowest BCUT2D eigenvalue weighted by Crippen LogP contribution is -2.44. The fourth-order valence-electron chi connectivity index (χ4n) is 3.97. The number of fused-ring (bicyclic) bond motifs is 1. The third-order valence-electron chi connectivity index (χ3n) is 5.62. The second-order valence-electron chi connectivity index (χ2n) is 7.74. The van der Waals surface area contributed by atoms with E-state index in [4.69, 9.17) is 16.3 Å². The number of carbonyl (C=O) groups is 3. The molecule has 1 spiro atoms. The number of benzene rings is 1. The average Bonchev–Trinajstić information content (AvgIpc) is 3.19. The molecule has 0 bridgehead atoms. The van der Waals surface area contributed by atoms with E-state index in [1.807, 2.05) is 10.8 Å². The zero-order chi connectivity index (χ0) is 21.1. The zero-order valence-electron chi connectivity index (χ0n) is 16.5. The SMILES string of the molecule is O=C(CN1CC[C@]2(CCC1=O)CC(=O)c1cc(Cl)ccc1O2)NCCn1ccnc1. The minimum Gasteiger partial charge on any atom is -0.486 e. The number of nitrogens with zero attached hydrogens (tertiary/aromatic N) is 3. The molecule has 1 aromatic heterocycles. The average molecular weight is 431 g/mol. The highest BCUT2D eigenvalue weighted by Crippen LogP contribution is 2.40. The Hall–Kier alpha value is -2.87. The smallest absolute Gasteiger partial charge is 0.239 e. The van der Waals surface area contributed by atoms with Gasteiger partial charge in [0.15, 0.2) is 5.78 Å². The molecule has 9 heteroatoms. The number of halogens is 1. The number of imidazole rings is 1. The second-order valence-corrected chi connectivity index (χ2v) is 8.18. The number of likely N-dealkylation sites (tertiary alicyclic amines) is 1. The van der Waals surface area contributed by atoms with Crippen LogP contribution in [-0.2, 0) is 16.1 Å². The zero-order valence-corrected chi connectivity index (χ0v) is 17.2. The van der Waals surface area contributed by atoms with E-state index in [1.54, 1.807) is 35.6 Å². The molecular weight excluding hydrogens is 408 g/mol. The van der Waals surface area contributed by atoms with Gasteiger partial charge in [0.2, 0.25) is 11.8 Å². The van der Waals surface area contributed by atoms with Gasteiger partial charge in [0, 0.05) is 49.9 Å². The van der Waals surface area contributed by atoms with Crippen molar-refractivity contribution in [3.05, 3.63) is 47.5 Å². The van der Waals surface area contributed by atoms with Gasteiger partial charge < -0.3 is 19.5 Å². The van der Waals surface area contributed by atoms with Crippen LogP contribution in [-0.4, -0.2) is 57.3 Å². The van der Waals surface area contributed by atoms with Crippen LogP contribution in [0.4, 0.5) is 0 Å². The fourth-order valence-corrected chi connectivity index (χ4v) is 4.14. The molecule has 1 fully saturated rings. The molecule has 1 atom stereocenters. The third kappa shape index (κ3) is 4.48. The van der Waals surface area contributed by atoms with Gasteiger partial charge in [-0.15, -0.1) is 0 Å². The van der Waals surface area contributed by atoms with Crippen LogP contribution < -0.4 is 10.1 Å². The van der Waals surface area contributed by atoms with Crippen LogP contribution in [0.15, 0.2) is 36.9 Å². The largest absolute Gasteiger partial charge is 0.486 e. The Labute approximate surface area is 179 Å². The quantitative estimate of drug-likeness (QED) is 0.783. The summed E-state index contributed by atoms with van der Waals surface area (Å²) in [5, 5.41) is 3.32. The van der Waals surface area contributed by atoms with Gasteiger partial charge >= 0.3 is 0 Å². The van der Waals surface area contributed by atoms with Crippen LogP contribution in [0.3, 0.4) is 0 Å². The van der Waals surface area contributed by atoms with Gasteiger partial charge in [0.25, 0.3) is 0 Å². The van der Waals surface area contributed by atoms with Crippen LogP contribution in [0.25, 0.3) is 0 Å². The Morgan fingerprint density at radius 3 is 2.97 bits per heavy atom. The Bertz CT molecular complexity index is 962. The van der Waals surface area contributed by atoms with E-state index in [1.165, 1.54) is 0 Å². The van der Waals surface area contributed by atoms with E-state index < -0.39 is 5.60 Å². The number of amides is 2. The molecule has 1 saturated heterocycles. The van der Waals surface area contributed by atoms with Crippen LogP contribution in [0, 0.1) is 0 Å². The predicted octanol–water partition coefficient (Wildman–Crippen LogP) is 2.07. The lowest BCUT2D eigenvalue weighted by Gasteiger charge is -2.37. The van der Waals surface area contributed by atoms with Crippen LogP contribution in [0.5, 0.6) is 5.75 Å². The van der Waals surface area contributed by atoms with E-state index in [0.29, 0.717) is 48.8 Å². The van der Waals surface area contributed by atoms with Gasteiger partial charge in [0.1, 0.15) is 11.4 Å². The second kappa shape index (κ2) is 8.47. The first-order valence-electron chi connectivity index (χ1n) is 9.96. The molecule has 30 heavy (non-hydrogen) atoms. The summed E-state index contributed by atoms with van der Waals surface area (Å²) in [4.78, 5) is 43.0. The maximum atomic E-state index is 12.7. The molecule has 0 radical (unpaired) electrons. The van der Waals surface area contributed by atoms with Crippen molar-refractivity contribution < 1.29 is 19.1 Å². The molecule has 8 nitrogen and oxygen atoms in total. The molecule has 1 aromatic carbocycles. The molecule has 158 valence electrons. The molecule has 2 amide bonds. The standard InChI is InChI=1S/C21H23ClN4O4/c22-15-1-2-18-16(11-15)17(27)12-21(30-18)4-3-20(29)26(8-5-21)13-19(28)24-7-10-25-9-6-23-14-25/h1-2,6,9,11,14H,3-5,7-8,10,12-13H2,(H,24,28)/t21-/m1/s1. The van der Waals surface area contributed by atoms with Crippen molar-refractivity contribution in [3.63, 3.8) is 0 Å². The van der Waals surface area contributed by atoms with Gasteiger partial charge in [-0.2, -0.15) is 0 Å². The lowest BCUT2D eigenvalue weighted by atomic mass is 9.84. The number of carbonyl (C=O) groups excluding carboxylic acids is 3. The number of nitrogens with one attached hydrogen (secondary N) is 1. The summed E-state index contributed by atoms with van der Waals surface area (Å²) in [7, 11) is 0. The topological polar surface area (TPSA) is 93.5 Å². The summed E-state index contributed by atoms with van der Waals surface area (Å²) < 4.78 is 8.07. The van der Waals surface area contributed by atoms with E-state index in [9.17, 15) is 14.4 Å². The molecule has 4 rings (SSSR count). The summed E-state index contributed by atoms with van der Waals surface area (Å²) >= 11 is 6.00. The Morgan fingerprint density at radius 2 is 2.17 bits per heavy atom. The van der Waals surface area contributed by atoms with Gasteiger partial charge in [0.05, 0.1) is 24.9 Å². The highest BCUT2D eigenvalue weighted by Gasteiger charge is 2.43. The Morgan fingerprint density at radius 1 is 1.30 bits per heavy atom. The Kier molecular flexibility index (Phi) is 5.76. The van der Waals surface area contributed by atoms with Crippen molar-refractivity contribution in [1.82, 2.24) is 19.8 Å². The minimum absolute atomic E-state index is 0.00101. The molecular formula is C21H23ClN4O4. The van der Waals surface area contributed by atoms with Gasteiger partial charge in [-0.3, -0.25) is 14.4 Å².